The van der Waals surface area contributed by atoms with E-state index in [1.54, 1.807) is 24.3 Å². The molecular weight excluding hydrogens is 360 g/mol. The standard InChI is InChI=1S/C21H24N2O3S/c1-14(2)15-5-8-18(9-6-15)22-27(25,26)19-12-16-4-3-11-23-20(24)10-7-17(13-19)21(16)23/h5-6,8-9,12-14,22H,3-4,7,10-11H2,1-2H3. The smallest absolute Gasteiger partial charge is 0.261 e. The molecule has 2 aliphatic rings. The van der Waals surface area contributed by atoms with Gasteiger partial charge in [0.25, 0.3) is 10.0 Å². The normalized spacial score (nSPS) is 16.4. The van der Waals surface area contributed by atoms with E-state index in [1.165, 1.54) is 5.56 Å². The molecule has 0 aliphatic carbocycles. The Bertz CT molecular complexity index is 978. The van der Waals surface area contributed by atoms with Gasteiger partial charge in [-0.05, 0) is 66.1 Å². The molecule has 2 aromatic carbocycles. The molecule has 0 radical (unpaired) electrons. The Morgan fingerprint density at radius 3 is 2.33 bits per heavy atom. The minimum Gasteiger partial charge on any atom is -0.312 e. The molecule has 2 heterocycles. The fraction of sp³-hybridized carbons (Fsp3) is 0.381. The van der Waals surface area contributed by atoms with Crippen LogP contribution < -0.4 is 9.62 Å². The molecule has 6 heteroatoms. The van der Waals surface area contributed by atoms with Crippen molar-refractivity contribution in [3.8, 4) is 0 Å². The second kappa shape index (κ2) is 6.68. The largest absolute Gasteiger partial charge is 0.312 e. The molecule has 5 nitrogen and oxygen atoms in total. The van der Waals surface area contributed by atoms with Crippen LogP contribution in [0.5, 0.6) is 0 Å². The van der Waals surface area contributed by atoms with Crippen LogP contribution in [0.3, 0.4) is 0 Å². The Labute approximate surface area is 160 Å². The third-order valence-corrected chi connectivity index (χ3v) is 6.75. The number of amides is 1. The number of rotatable bonds is 4. The molecule has 0 unspecified atom stereocenters. The molecule has 142 valence electrons. The van der Waals surface area contributed by atoms with Crippen LogP contribution in [0, 0.1) is 0 Å². The van der Waals surface area contributed by atoms with Crippen molar-refractivity contribution < 1.29 is 13.2 Å². The Kier molecular flexibility index (Phi) is 4.46. The van der Waals surface area contributed by atoms with Gasteiger partial charge in [-0.2, -0.15) is 0 Å². The summed E-state index contributed by atoms with van der Waals surface area (Å²) in [5.41, 5.74) is 4.59. The molecule has 0 spiro atoms. The summed E-state index contributed by atoms with van der Waals surface area (Å²) in [6.45, 7) is 4.93. The first-order chi connectivity index (χ1) is 12.8. The number of nitrogens with one attached hydrogen (secondary N) is 1. The molecule has 0 bridgehead atoms. The minimum atomic E-state index is -3.67. The molecular formula is C21H24N2O3S. The van der Waals surface area contributed by atoms with E-state index < -0.39 is 10.0 Å². The first kappa shape index (κ1) is 18.0. The summed E-state index contributed by atoms with van der Waals surface area (Å²) in [7, 11) is -3.67. The third-order valence-electron chi connectivity index (χ3n) is 5.39. The summed E-state index contributed by atoms with van der Waals surface area (Å²) >= 11 is 0. The van der Waals surface area contributed by atoms with Crippen LogP contribution in [0.1, 0.15) is 49.3 Å². The number of sulfonamides is 1. The molecule has 1 N–H and O–H groups in total. The number of carbonyl (C=O) groups is 1. The third kappa shape index (κ3) is 3.34. The molecule has 0 fully saturated rings. The summed E-state index contributed by atoms with van der Waals surface area (Å²) in [5.74, 6) is 0.539. The molecule has 2 aliphatic heterocycles. The molecule has 1 amide bonds. The predicted octanol–water partition coefficient (Wildman–Crippen LogP) is 3.84. The SMILES string of the molecule is CC(C)c1ccc(NS(=O)(=O)c2cc3c4c(c2)CCC(=O)N4CCC3)cc1. The van der Waals surface area contributed by atoms with Crippen molar-refractivity contribution in [2.75, 3.05) is 16.2 Å². The van der Waals surface area contributed by atoms with Crippen molar-refractivity contribution in [3.63, 3.8) is 0 Å². The van der Waals surface area contributed by atoms with E-state index in [0.717, 1.165) is 36.2 Å². The first-order valence-electron chi connectivity index (χ1n) is 9.44. The topological polar surface area (TPSA) is 66.5 Å². The molecule has 0 aromatic heterocycles. The van der Waals surface area contributed by atoms with Gasteiger partial charge in [0.1, 0.15) is 0 Å². The van der Waals surface area contributed by atoms with Crippen LogP contribution in [0.15, 0.2) is 41.3 Å². The fourth-order valence-electron chi connectivity index (χ4n) is 3.93. The number of anilines is 2. The maximum Gasteiger partial charge on any atom is 0.261 e. The lowest BCUT2D eigenvalue weighted by molar-refractivity contribution is -0.119. The molecule has 4 rings (SSSR count). The zero-order valence-electron chi connectivity index (χ0n) is 15.7. The Hall–Kier alpha value is -2.34. The zero-order valence-corrected chi connectivity index (χ0v) is 16.5. The van der Waals surface area contributed by atoms with Crippen LogP contribution in [0.25, 0.3) is 0 Å². The Morgan fingerprint density at radius 2 is 1.67 bits per heavy atom. The maximum absolute atomic E-state index is 12.9. The monoisotopic (exact) mass is 384 g/mol. The second-order valence-electron chi connectivity index (χ2n) is 7.62. The summed E-state index contributed by atoms with van der Waals surface area (Å²) in [4.78, 5) is 14.3. The summed E-state index contributed by atoms with van der Waals surface area (Å²) in [5, 5.41) is 0. The lowest BCUT2D eigenvalue weighted by Crippen LogP contribution is -2.39. The van der Waals surface area contributed by atoms with Crippen LogP contribution >= 0.6 is 0 Å². The Balaban J connectivity index is 1.67. The summed E-state index contributed by atoms with van der Waals surface area (Å²) < 4.78 is 28.6. The lowest BCUT2D eigenvalue weighted by atomic mass is 9.92. The van der Waals surface area contributed by atoms with Crippen molar-refractivity contribution in [2.45, 2.75) is 50.3 Å². The number of hydrogen-bond donors (Lipinski definition) is 1. The quantitative estimate of drug-likeness (QED) is 0.871. The van der Waals surface area contributed by atoms with E-state index in [1.807, 2.05) is 17.0 Å². The van der Waals surface area contributed by atoms with Gasteiger partial charge in [0.15, 0.2) is 0 Å². The van der Waals surface area contributed by atoms with E-state index in [4.69, 9.17) is 0 Å². The average Bonchev–Trinajstić information content (AvgIpc) is 2.64. The van der Waals surface area contributed by atoms with Crippen LogP contribution in [0.4, 0.5) is 11.4 Å². The van der Waals surface area contributed by atoms with E-state index in [0.29, 0.717) is 24.4 Å². The van der Waals surface area contributed by atoms with E-state index in [2.05, 4.69) is 18.6 Å². The van der Waals surface area contributed by atoms with Crippen molar-refractivity contribution >= 4 is 27.3 Å². The van der Waals surface area contributed by atoms with Crippen molar-refractivity contribution in [1.82, 2.24) is 0 Å². The highest BCUT2D eigenvalue weighted by molar-refractivity contribution is 7.92. The number of aryl methyl sites for hydroxylation is 2. The van der Waals surface area contributed by atoms with Crippen molar-refractivity contribution in [3.05, 3.63) is 53.1 Å². The van der Waals surface area contributed by atoms with Crippen LogP contribution in [-0.4, -0.2) is 20.9 Å². The number of nitrogens with zero attached hydrogens (tertiary/aromatic N) is 1. The Morgan fingerprint density at radius 1 is 1.00 bits per heavy atom. The second-order valence-corrected chi connectivity index (χ2v) is 9.30. The molecule has 2 aromatic rings. The highest BCUT2D eigenvalue weighted by Gasteiger charge is 2.31. The first-order valence-corrected chi connectivity index (χ1v) is 10.9. The summed E-state index contributed by atoms with van der Waals surface area (Å²) in [6.07, 6.45) is 2.72. The van der Waals surface area contributed by atoms with Gasteiger partial charge in [0, 0.05) is 18.7 Å². The van der Waals surface area contributed by atoms with Gasteiger partial charge >= 0.3 is 0 Å². The van der Waals surface area contributed by atoms with Crippen LogP contribution in [0.2, 0.25) is 0 Å². The van der Waals surface area contributed by atoms with Gasteiger partial charge < -0.3 is 4.90 Å². The van der Waals surface area contributed by atoms with Crippen LogP contribution in [-0.2, 0) is 27.7 Å². The molecule has 0 atom stereocenters. The van der Waals surface area contributed by atoms with E-state index in [9.17, 15) is 13.2 Å². The van der Waals surface area contributed by atoms with Gasteiger partial charge in [-0.15, -0.1) is 0 Å². The highest BCUT2D eigenvalue weighted by atomic mass is 32.2. The zero-order chi connectivity index (χ0) is 19.2. The van der Waals surface area contributed by atoms with Gasteiger partial charge in [0.05, 0.1) is 10.6 Å². The maximum atomic E-state index is 12.9. The van der Waals surface area contributed by atoms with Gasteiger partial charge in [-0.1, -0.05) is 26.0 Å². The predicted molar refractivity (Wildman–Crippen MR) is 107 cm³/mol. The summed E-state index contributed by atoms with van der Waals surface area (Å²) in [6, 6.07) is 11.0. The number of hydrogen-bond acceptors (Lipinski definition) is 3. The van der Waals surface area contributed by atoms with Gasteiger partial charge in [-0.3, -0.25) is 9.52 Å². The van der Waals surface area contributed by atoms with Gasteiger partial charge in [0.2, 0.25) is 5.91 Å². The molecule has 0 saturated heterocycles. The minimum absolute atomic E-state index is 0.141. The molecule has 0 saturated carbocycles. The lowest BCUT2D eigenvalue weighted by Gasteiger charge is -2.35. The van der Waals surface area contributed by atoms with E-state index in [-0.39, 0.29) is 10.8 Å². The highest BCUT2D eigenvalue weighted by Crippen LogP contribution is 2.37. The fourth-order valence-corrected chi connectivity index (χ4v) is 5.09. The van der Waals surface area contributed by atoms with Crippen molar-refractivity contribution in [1.29, 1.82) is 0 Å². The van der Waals surface area contributed by atoms with E-state index >= 15 is 0 Å². The molecule has 27 heavy (non-hydrogen) atoms. The van der Waals surface area contributed by atoms with Gasteiger partial charge in [-0.25, -0.2) is 8.42 Å². The number of carbonyl (C=O) groups excluding carboxylic acids is 1. The van der Waals surface area contributed by atoms with Crippen molar-refractivity contribution in [2.24, 2.45) is 0 Å². The number of benzene rings is 2. The average molecular weight is 385 g/mol.